The van der Waals surface area contributed by atoms with E-state index in [9.17, 15) is 9.90 Å². The van der Waals surface area contributed by atoms with Gasteiger partial charge in [-0.15, -0.1) is 5.10 Å². The van der Waals surface area contributed by atoms with E-state index in [1.807, 2.05) is 91.9 Å². The van der Waals surface area contributed by atoms with E-state index in [2.05, 4.69) is 10.6 Å². The Kier molecular flexibility index (Phi) is 7.30. The number of aromatic hydroxyl groups is 1. The number of anilines is 2. The summed E-state index contributed by atoms with van der Waals surface area (Å²) in [6, 6.07) is 30.9. The van der Waals surface area contributed by atoms with Gasteiger partial charge in [-0.2, -0.15) is 4.98 Å². The van der Waals surface area contributed by atoms with Crippen LogP contribution in [0.1, 0.15) is 24.1 Å². The Morgan fingerprint density at radius 2 is 1.71 bits per heavy atom. The van der Waals surface area contributed by atoms with Gasteiger partial charge in [-0.25, -0.2) is 4.68 Å². The minimum Gasteiger partial charge on any atom is -0.508 e. The first-order chi connectivity index (χ1) is 20.5. The van der Waals surface area contributed by atoms with Crippen molar-refractivity contribution in [1.82, 2.24) is 14.8 Å². The molecule has 1 aliphatic rings. The number of hydrogen-bond donors (Lipinski definition) is 3. The van der Waals surface area contributed by atoms with E-state index in [4.69, 9.17) is 19.6 Å². The number of amides is 1. The van der Waals surface area contributed by atoms with Crippen molar-refractivity contribution in [2.75, 3.05) is 17.7 Å². The van der Waals surface area contributed by atoms with Crippen molar-refractivity contribution in [3.8, 4) is 28.6 Å². The van der Waals surface area contributed by atoms with E-state index in [-0.39, 0.29) is 11.7 Å². The molecule has 0 bridgehead atoms. The Labute approximate surface area is 243 Å². The lowest BCUT2D eigenvalue weighted by molar-refractivity contribution is -0.113. The van der Waals surface area contributed by atoms with Gasteiger partial charge in [0.05, 0.1) is 12.7 Å². The van der Waals surface area contributed by atoms with Gasteiger partial charge in [0.25, 0.3) is 5.91 Å². The van der Waals surface area contributed by atoms with Crippen LogP contribution >= 0.6 is 0 Å². The zero-order chi connectivity index (χ0) is 29.1. The van der Waals surface area contributed by atoms with Crippen LogP contribution in [0.25, 0.3) is 11.4 Å². The highest BCUT2D eigenvalue weighted by Crippen LogP contribution is 2.40. The molecule has 1 aromatic heterocycles. The quantitative estimate of drug-likeness (QED) is 0.209. The van der Waals surface area contributed by atoms with Gasteiger partial charge in [-0.05, 0) is 54.4 Å². The van der Waals surface area contributed by atoms with Gasteiger partial charge in [0.15, 0.2) is 17.3 Å². The number of ether oxygens (including phenoxy) is 2. The molecule has 0 saturated heterocycles. The van der Waals surface area contributed by atoms with E-state index in [0.717, 1.165) is 11.1 Å². The normalized spacial score (nSPS) is 14.1. The lowest BCUT2D eigenvalue weighted by Gasteiger charge is -2.29. The van der Waals surface area contributed by atoms with Gasteiger partial charge >= 0.3 is 0 Å². The molecule has 0 spiro atoms. The molecule has 42 heavy (non-hydrogen) atoms. The smallest absolute Gasteiger partial charge is 0.255 e. The molecular formula is C33H29N5O4. The fourth-order valence-corrected chi connectivity index (χ4v) is 4.95. The average Bonchev–Trinajstić information content (AvgIpc) is 3.44. The maximum absolute atomic E-state index is 13.8. The van der Waals surface area contributed by atoms with Crippen LogP contribution in [0.4, 0.5) is 11.6 Å². The number of nitrogens with one attached hydrogen (secondary N) is 2. The Balaban J connectivity index is 1.41. The van der Waals surface area contributed by atoms with Crippen LogP contribution in [0.2, 0.25) is 0 Å². The summed E-state index contributed by atoms with van der Waals surface area (Å²) in [7, 11) is 1.59. The first-order valence-electron chi connectivity index (χ1n) is 13.4. The van der Waals surface area contributed by atoms with Crippen LogP contribution in [0.15, 0.2) is 114 Å². The van der Waals surface area contributed by atoms with Crippen LogP contribution in [-0.2, 0) is 11.4 Å². The molecule has 4 aromatic carbocycles. The van der Waals surface area contributed by atoms with Crippen LogP contribution < -0.4 is 20.1 Å². The third-order valence-corrected chi connectivity index (χ3v) is 6.97. The number of allylic oxidation sites excluding steroid dienone is 1. The number of aromatic nitrogens is 3. The highest BCUT2D eigenvalue weighted by molar-refractivity contribution is 6.06. The van der Waals surface area contributed by atoms with Gasteiger partial charge in [0.2, 0.25) is 5.95 Å². The third kappa shape index (κ3) is 5.40. The lowest BCUT2D eigenvalue weighted by Crippen LogP contribution is -2.31. The van der Waals surface area contributed by atoms with Crippen molar-refractivity contribution in [1.29, 1.82) is 0 Å². The number of carbonyl (C=O) groups is 1. The predicted molar refractivity (Wildman–Crippen MR) is 160 cm³/mol. The fraction of sp³-hybridized carbons (Fsp3) is 0.121. The second-order valence-corrected chi connectivity index (χ2v) is 9.82. The number of para-hydroxylation sites is 1. The van der Waals surface area contributed by atoms with Crippen molar-refractivity contribution in [3.05, 3.63) is 126 Å². The molecular weight excluding hydrogens is 530 g/mol. The number of phenolic OH excluding ortho intramolecular Hbond substituents is 1. The van der Waals surface area contributed by atoms with Gasteiger partial charge in [0, 0.05) is 16.9 Å². The number of phenols is 1. The molecule has 1 amide bonds. The van der Waals surface area contributed by atoms with Crippen LogP contribution in [-0.4, -0.2) is 32.9 Å². The number of rotatable bonds is 8. The maximum atomic E-state index is 13.8. The molecule has 1 unspecified atom stereocenters. The van der Waals surface area contributed by atoms with Crippen molar-refractivity contribution in [3.63, 3.8) is 0 Å². The van der Waals surface area contributed by atoms with Crippen LogP contribution in [0, 0.1) is 0 Å². The summed E-state index contributed by atoms with van der Waals surface area (Å²) < 4.78 is 13.5. The van der Waals surface area contributed by atoms with Crippen LogP contribution in [0.5, 0.6) is 17.2 Å². The Bertz CT molecular complexity index is 1770. The van der Waals surface area contributed by atoms with E-state index < -0.39 is 6.04 Å². The summed E-state index contributed by atoms with van der Waals surface area (Å²) in [6.45, 7) is 2.22. The molecule has 9 nitrogen and oxygen atoms in total. The summed E-state index contributed by atoms with van der Waals surface area (Å²) in [5.41, 5.74) is 4.22. The molecule has 1 atom stereocenters. The molecule has 210 valence electrons. The summed E-state index contributed by atoms with van der Waals surface area (Å²) in [6.07, 6.45) is 0. The largest absolute Gasteiger partial charge is 0.508 e. The predicted octanol–water partition coefficient (Wildman–Crippen LogP) is 6.17. The molecule has 3 N–H and O–H groups in total. The topological polar surface area (TPSA) is 111 Å². The lowest BCUT2D eigenvalue weighted by atomic mass is 9.94. The van der Waals surface area contributed by atoms with Gasteiger partial charge in [-0.1, -0.05) is 66.7 Å². The standard InChI is InChI=1S/C33H29N5O4/c1-21-29(32(40)35-25-13-7-4-8-14-25)30(38-33(34-21)36-31(37-38)24-12-9-15-26(39)18-24)23-16-17-27(28(19-23)41-2)42-20-22-10-5-3-6-11-22/h3-19,30,39H,20H2,1-2H3,(H,35,40)(H,34,36,37). The number of methoxy groups -OCH3 is 1. The SMILES string of the molecule is COc1cc(C2C(C(=O)Nc3ccccc3)=C(C)Nc3nc(-c4cccc(O)c4)nn32)ccc1OCc1ccccc1. The number of benzene rings is 4. The van der Waals surface area contributed by atoms with Crippen LogP contribution in [0.3, 0.4) is 0 Å². The van der Waals surface area contributed by atoms with Crippen molar-refractivity contribution < 1.29 is 19.4 Å². The summed E-state index contributed by atoms with van der Waals surface area (Å²) in [5.74, 6) is 1.81. The third-order valence-electron chi connectivity index (χ3n) is 6.97. The van der Waals surface area contributed by atoms with E-state index >= 15 is 0 Å². The maximum Gasteiger partial charge on any atom is 0.255 e. The Morgan fingerprint density at radius 1 is 0.952 bits per heavy atom. The molecule has 5 aromatic rings. The molecule has 1 aliphatic heterocycles. The highest BCUT2D eigenvalue weighted by Gasteiger charge is 2.35. The Morgan fingerprint density at radius 3 is 2.45 bits per heavy atom. The first-order valence-corrected chi connectivity index (χ1v) is 13.4. The molecule has 0 saturated carbocycles. The molecule has 2 heterocycles. The molecule has 9 heteroatoms. The number of fused-ring (bicyclic) bond motifs is 1. The van der Waals surface area contributed by atoms with Gasteiger partial charge in [-0.3, -0.25) is 4.79 Å². The Hall–Kier alpha value is -5.57. The number of carbonyl (C=O) groups excluding carboxylic acids is 1. The number of nitrogens with zero attached hydrogens (tertiary/aromatic N) is 3. The van der Waals surface area contributed by atoms with E-state index in [1.54, 1.807) is 30.0 Å². The zero-order valence-electron chi connectivity index (χ0n) is 23.1. The van der Waals surface area contributed by atoms with Gasteiger partial charge in [0.1, 0.15) is 18.4 Å². The van der Waals surface area contributed by atoms with E-state index in [0.29, 0.717) is 52.4 Å². The summed E-state index contributed by atoms with van der Waals surface area (Å²) in [5, 5.41) is 21.1. The number of hydrogen-bond acceptors (Lipinski definition) is 7. The summed E-state index contributed by atoms with van der Waals surface area (Å²) in [4.78, 5) is 18.5. The van der Waals surface area contributed by atoms with Crippen molar-refractivity contribution >= 4 is 17.5 Å². The summed E-state index contributed by atoms with van der Waals surface area (Å²) >= 11 is 0. The first kappa shape index (κ1) is 26.6. The van der Waals surface area contributed by atoms with E-state index in [1.165, 1.54) is 0 Å². The van der Waals surface area contributed by atoms with Crippen molar-refractivity contribution in [2.45, 2.75) is 19.6 Å². The highest BCUT2D eigenvalue weighted by atomic mass is 16.5. The molecule has 0 aliphatic carbocycles. The van der Waals surface area contributed by atoms with Gasteiger partial charge < -0.3 is 25.2 Å². The fourth-order valence-electron chi connectivity index (χ4n) is 4.95. The molecule has 6 rings (SSSR count). The molecule has 0 radical (unpaired) electrons. The minimum atomic E-state index is -0.638. The molecule has 0 fully saturated rings. The van der Waals surface area contributed by atoms with Crippen molar-refractivity contribution in [2.24, 2.45) is 0 Å². The zero-order valence-corrected chi connectivity index (χ0v) is 23.1. The second-order valence-electron chi connectivity index (χ2n) is 9.82. The monoisotopic (exact) mass is 559 g/mol. The average molecular weight is 560 g/mol. The minimum absolute atomic E-state index is 0.109. The second kappa shape index (κ2) is 11.5.